The molecule has 0 radical (unpaired) electrons. The number of esters is 1. The minimum Gasteiger partial charge on any atom is -0.469 e. The van der Waals surface area contributed by atoms with E-state index in [0.29, 0.717) is 11.3 Å². The maximum atomic E-state index is 11.6. The zero-order valence-electron chi connectivity index (χ0n) is 10.6. The molecule has 0 fully saturated rings. The van der Waals surface area contributed by atoms with Gasteiger partial charge < -0.3 is 10.1 Å². The summed E-state index contributed by atoms with van der Waals surface area (Å²) in [4.78, 5) is 32.6. The summed E-state index contributed by atoms with van der Waals surface area (Å²) in [6.45, 7) is 1.72. The fraction of sp³-hybridized carbons (Fsp3) is 0.333. The van der Waals surface area contributed by atoms with Crippen LogP contribution in [0.25, 0.3) is 0 Å². The quantitative estimate of drug-likeness (QED) is 0.497. The van der Waals surface area contributed by atoms with Crippen molar-refractivity contribution in [1.29, 1.82) is 0 Å². The number of carbonyl (C=O) groups is 2. The van der Waals surface area contributed by atoms with Crippen molar-refractivity contribution in [1.82, 2.24) is 0 Å². The van der Waals surface area contributed by atoms with Crippen LogP contribution in [0, 0.1) is 17.0 Å². The Bertz CT molecular complexity index is 513. The third-order valence-corrected chi connectivity index (χ3v) is 2.49. The van der Waals surface area contributed by atoms with Crippen LogP contribution in [0.1, 0.15) is 18.4 Å². The first kappa shape index (κ1) is 14.6. The van der Waals surface area contributed by atoms with Gasteiger partial charge in [0.25, 0.3) is 5.69 Å². The van der Waals surface area contributed by atoms with E-state index >= 15 is 0 Å². The van der Waals surface area contributed by atoms with E-state index in [4.69, 9.17) is 0 Å². The van der Waals surface area contributed by atoms with E-state index in [1.54, 1.807) is 13.0 Å². The molecular formula is C12H14N2O5. The molecule has 1 rings (SSSR count). The normalized spacial score (nSPS) is 9.79. The molecule has 0 saturated heterocycles. The molecule has 0 atom stereocenters. The molecule has 0 spiro atoms. The highest BCUT2D eigenvalue weighted by molar-refractivity contribution is 5.93. The van der Waals surface area contributed by atoms with E-state index in [0.717, 1.165) is 0 Å². The van der Waals surface area contributed by atoms with Crippen LogP contribution in [0.5, 0.6) is 0 Å². The average Bonchev–Trinajstić information content (AvgIpc) is 2.38. The molecule has 102 valence electrons. The standard InChI is InChI=1S/C12H14N2O5/c1-8-3-4-9(14(17)18)7-10(8)13-11(15)5-6-12(16)19-2/h3-4,7H,5-6H2,1-2H3,(H,13,15). The van der Waals surface area contributed by atoms with E-state index in [9.17, 15) is 19.7 Å². The first-order chi connectivity index (χ1) is 8.93. The van der Waals surface area contributed by atoms with Gasteiger partial charge >= 0.3 is 5.97 Å². The topological polar surface area (TPSA) is 98.5 Å². The number of nitro groups is 1. The van der Waals surface area contributed by atoms with E-state index in [1.807, 2.05) is 0 Å². The Morgan fingerprint density at radius 1 is 1.37 bits per heavy atom. The number of hydrogen-bond donors (Lipinski definition) is 1. The molecule has 0 aromatic heterocycles. The van der Waals surface area contributed by atoms with Crippen LogP contribution >= 0.6 is 0 Å². The van der Waals surface area contributed by atoms with Crippen LogP contribution in [-0.2, 0) is 14.3 Å². The highest BCUT2D eigenvalue weighted by atomic mass is 16.6. The zero-order chi connectivity index (χ0) is 14.4. The van der Waals surface area contributed by atoms with Gasteiger partial charge in [-0.2, -0.15) is 0 Å². The Hall–Kier alpha value is -2.44. The summed E-state index contributed by atoms with van der Waals surface area (Å²) in [5.74, 6) is -0.875. The molecule has 7 nitrogen and oxygen atoms in total. The molecule has 1 N–H and O–H groups in total. The van der Waals surface area contributed by atoms with Gasteiger partial charge in [-0.25, -0.2) is 0 Å². The monoisotopic (exact) mass is 266 g/mol. The Balaban J connectivity index is 2.70. The molecule has 0 aliphatic carbocycles. The maximum absolute atomic E-state index is 11.6. The van der Waals surface area contributed by atoms with Gasteiger partial charge in [0, 0.05) is 18.6 Å². The number of non-ortho nitro benzene ring substituents is 1. The average molecular weight is 266 g/mol. The number of nitrogens with zero attached hydrogens (tertiary/aromatic N) is 1. The summed E-state index contributed by atoms with van der Waals surface area (Å²) in [6.07, 6.45) is -0.0644. The van der Waals surface area contributed by atoms with E-state index < -0.39 is 16.8 Å². The van der Waals surface area contributed by atoms with Gasteiger partial charge in [0.2, 0.25) is 5.91 Å². The third kappa shape index (κ3) is 4.38. The van der Waals surface area contributed by atoms with Crippen molar-refractivity contribution in [3.63, 3.8) is 0 Å². The third-order valence-electron chi connectivity index (χ3n) is 2.49. The number of nitrogens with one attached hydrogen (secondary N) is 1. The Kier molecular flexibility index (Phi) is 4.99. The zero-order valence-corrected chi connectivity index (χ0v) is 10.6. The van der Waals surface area contributed by atoms with Gasteiger partial charge in [0.15, 0.2) is 0 Å². The molecule has 0 aliphatic rings. The van der Waals surface area contributed by atoms with E-state index in [-0.39, 0.29) is 18.5 Å². The van der Waals surface area contributed by atoms with Crippen LogP contribution in [0.3, 0.4) is 0 Å². The summed E-state index contributed by atoms with van der Waals surface area (Å²) in [7, 11) is 1.24. The van der Waals surface area contributed by atoms with Crippen molar-refractivity contribution in [2.75, 3.05) is 12.4 Å². The van der Waals surface area contributed by atoms with E-state index in [2.05, 4.69) is 10.1 Å². The second-order valence-corrected chi connectivity index (χ2v) is 3.88. The summed E-state index contributed by atoms with van der Waals surface area (Å²) in [5.41, 5.74) is 0.968. The molecular weight excluding hydrogens is 252 g/mol. The molecule has 19 heavy (non-hydrogen) atoms. The summed E-state index contributed by atoms with van der Waals surface area (Å²) < 4.78 is 4.42. The molecule has 0 bridgehead atoms. The van der Waals surface area contributed by atoms with Crippen LogP contribution in [0.15, 0.2) is 18.2 Å². The van der Waals surface area contributed by atoms with Gasteiger partial charge in [-0.15, -0.1) is 0 Å². The molecule has 7 heteroatoms. The molecule has 1 amide bonds. The highest BCUT2D eigenvalue weighted by Crippen LogP contribution is 2.22. The molecule has 0 aliphatic heterocycles. The van der Waals surface area contributed by atoms with E-state index in [1.165, 1.54) is 19.2 Å². The molecule has 0 unspecified atom stereocenters. The first-order valence-corrected chi connectivity index (χ1v) is 5.55. The Morgan fingerprint density at radius 3 is 2.63 bits per heavy atom. The fourth-order valence-electron chi connectivity index (χ4n) is 1.39. The first-order valence-electron chi connectivity index (χ1n) is 5.55. The number of aryl methyl sites for hydroxylation is 1. The van der Waals surface area contributed by atoms with Crippen molar-refractivity contribution < 1.29 is 19.2 Å². The van der Waals surface area contributed by atoms with Gasteiger partial charge in [0.1, 0.15) is 0 Å². The SMILES string of the molecule is COC(=O)CCC(=O)Nc1cc([N+](=O)[O-])ccc1C. The number of nitro benzene ring substituents is 1. The van der Waals surface area contributed by atoms with Crippen molar-refractivity contribution in [3.8, 4) is 0 Å². The number of anilines is 1. The van der Waals surface area contributed by atoms with Crippen molar-refractivity contribution in [3.05, 3.63) is 33.9 Å². The van der Waals surface area contributed by atoms with Crippen LogP contribution in [0.2, 0.25) is 0 Å². The lowest BCUT2D eigenvalue weighted by Crippen LogP contribution is -2.14. The Morgan fingerprint density at radius 2 is 2.05 bits per heavy atom. The summed E-state index contributed by atoms with van der Waals surface area (Å²) in [6, 6.07) is 4.19. The smallest absolute Gasteiger partial charge is 0.306 e. The predicted octanol–water partition coefficient (Wildman–Crippen LogP) is 1.79. The fourth-order valence-corrected chi connectivity index (χ4v) is 1.39. The highest BCUT2D eigenvalue weighted by Gasteiger charge is 2.12. The van der Waals surface area contributed by atoms with Crippen molar-refractivity contribution in [2.24, 2.45) is 0 Å². The van der Waals surface area contributed by atoms with Crippen LogP contribution in [0.4, 0.5) is 11.4 Å². The van der Waals surface area contributed by atoms with Crippen molar-refractivity contribution >= 4 is 23.3 Å². The number of hydrogen-bond acceptors (Lipinski definition) is 5. The number of methoxy groups -OCH3 is 1. The number of benzene rings is 1. The van der Waals surface area contributed by atoms with Gasteiger partial charge in [-0.05, 0) is 12.5 Å². The maximum Gasteiger partial charge on any atom is 0.306 e. The molecule has 0 saturated carbocycles. The van der Waals surface area contributed by atoms with Gasteiger partial charge in [-0.1, -0.05) is 6.07 Å². The lowest BCUT2D eigenvalue weighted by Gasteiger charge is -2.07. The molecule has 1 aromatic carbocycles. The second-order valence-electron chi connectivity index (χ2n) is 3.88. The number of ether oxygens (including phenoxy) is 1. The Labute approximate surface area is 109 Å². The largest absolute Gasteiger partial charge is 0.469 e. The number of amides is 1. The lowest BCUT2D eigenvalue weighted by atomic mass is 10.1. The summed E-state index contributed by atoms with van der Waals surface area (Å²) in [5, 5.41) is 13.2. The van der Waals surface area contributed by atoms with Gasteiger partial charge in [0.05, 0.1) is 24.1 Å². The summed E-state index contributed by atoms with van der Waals surface area (Å²) >= 11 is 0. The van der Waals surface area contributed by atoms with Crippen LogP contribution < -0.4 is 5.32 Å². The van der Waals surface area contributed by atoms with Crippen molar-refractivity contribution in [2.45, 2.75) is 19.8 Å². The molecule has 1 aromatic rings. The molecule has 0 heterocycles. The minimum absolute atomic E-state index is 0.0314. The van der Waals surface area contributed by atoms with Crippen LogP contribution in [-0.4, -0.2) is 23.9 Å². The van der Waals surface area contributed by atoms with Gasteiger partial charge in [-0.3, -0.25) is 19.7 Å². The lowest BCUT2D eigenvalue weighted by molar-refractivity contribution is -0.384. The number of rotatable bonds is 5. The predicted molar refractivity (Wildman–Crippen MR) is 67.7 cm³/mol. The number of carbonyl (C=O) groups excluding carboxylic acids is 2. The minimum atomic E-state index is -0.538. The second kappa shape index (κ2) is 6.48.